The summed E-state index contributed by atoms with van der Waals surface area (Å²) in [5.41, 5.74) is 0.804. The van der Waals surface area contributed by atoms with Crippen molar-refractivity contribution in [2.75, 3.05) is 26.1 Å². The lowest BCUT2D eigenvalue weighted by Crippen LogP contribution is -2.12. The monoisotopic (exact) mass is 244 g/mol. The number of hydrogen-bond acceptors (Lipinski definition) is 7. The molecule has 88 valence electrons. The Hall–Kier alpha value is -1.63. The highest BCUT2D eigenvalue weighted by Gasteiger charge is 2.14. The molecule has 0 spiro atoms. The van der Waals surface area contributed by atoms with Crippen LogP contribution in [0.5, 0.6) is 0 Å². The summed E-state index contributed by atoms with van der Waals surface area (Å²) in [6, 6.07) is 0. The molecule has 0 saturated carbocycles. The van der Waals surface area contributed by atoms with Crippen molar-refractivity contribution in [3.05, 3.63) is 11.1 Å². The smallest absolute Gasteiger partial charge is 0.359 e. The summed E-state index contributed by atoms with van der Waals surface area (Å²) in [4.78, 5) is 22.1. The molecule has 0 atom stereocenters. The second-order valence-corrected chi connectivity index (χ2v) is 3.45. The fourth-order valence-electron chi connectivity index (χ4n) is 1.01. The van der Waals surface area contributed by atoms with Gasteiger partial charge in [0.1, 0.15) is 0 Å². The van der Waals surface area contributed by atoms with Gasteiger partial charge in [0.25, 0.3) is 0 Å². The maximum atomic E-state index is 11.2. The van der Waals surface area contributed by atoms with E-state index in [1.54, 1.807) is 5.38 Å². The van der Waals surface area contributed by atoms with Crippen LogP contribution in [0.2, 0.25) is 0 Å². The quantitative estimate of drug-likeness (QED) is 0.775. The molecule has 0 fully saturated rings. The molecule has 0 radical (unpaired) electrons. The molecule has 0 aliphatic heterocycles. The second kappa shape index (κ2) is 6.06. The molecular formula is C9H12N2O4S. The number of anilines is 1. The van der Waals surface area contributed by atoms with E-state index >= 15 is 0 Å². The summed E-state index contributed by atoms with van der Waals surface area (Å²) >= 11 is 1.14. The van der Waals surface area contributed by atoms with E-state index in [1.165, 1.54) is 14.2 Å². The third-order valence-corrected chi connectivity index (χ3v) is 2.45. The molecule has 1 heterocycles. The van der Waals surface area contributed by atoms with Gasteiger partial charge in [-0.2, -0.15) is 4.37 Å². The fourth-order valence-corrected chi connectivity index (χ4v) is 1.64. The van der Waals surface area contributed by atoms with Crippen molar-refractivity contribution >= 4 is 29.2 Å². The average Bonchev–Trinajstić information content (AvgIpc) is 2.76. The first-order valence-corrected chi connectivity index (χ1v) is 5.36. The zero-order valence-electron chi connectivity index (χ0n) is 8.98. The number of rotatable bonds is 5. The van der Waals surface area contributed by atoms with E-state index in [1.807, 2.05) is 0 Å². The van der Waals surface area contributed by atoms with E-state index in [2.05, 4.69) is 19.2 Å². The van der Waals surface area contributed by atoms with Crippen molar-refractivity contribution in [3.8, 4) is 0 Å². The predicted molar refractivity (Wildman–Crippen MR) is 58.6 cm³/mol. The Morgan fingerprint density at radius 3 is 2.81 bits per heavy atom. The third-order valence-electron chi connectivity index (χ3n) is 1.82. The van der Waals surface area contributed by atoms with Gasteiger partial charge in [-0.3, -0.25) is 4.79 Å². The minimum Gasteiger partial charge on any atom is -0.469 e. The van der Waals surface area contributed by atoms with Gasteiger partial charge < -0.3 is 14.8 Å². The van der Waals surface area contributed by atoms with E-state index in [9.17, 15) is 9.59 Å². The van der Waals surface area contributed by atoms with Gasteiger partial charge in [0.2, 0.25) is 0 Å². The van der Waals surface area contributed by atoms with Gasteiger partial charge in [0.05, 0.1) is 26.3 Å². The lowest BCUT2D eigenvalue weighted by atomic mass is 10.3. The van der Waals surface area contributed by atoms with Gasteiger partial charge in [-0.15, -0.1) is 0 Å². The first-order valence-electron chi connectivity index (χ1n) is 4.52. The zero-order chi connectivity index (χ0) is 12.0. The van der Waals surface area contributed by atoms with Crippen LogP contribution >= 0.6 is 11.5 Å². The number of methoxy groups -OCH3 is 2. The van der Waals surface area contributed by atoms with Crippen LogP contribution in [0.3, 0.4) is 0 Å². The molecule has 1 aromatic heterocycles. The lowest BCUT2D eigenvalue weighted by molar-refractivity contribution is -0.140. The Bertz CT molecular complexity index is 377. The molecule has 0 saturated heterocycles. The number of carbonyl (C=O) groups excluding carboxylic acids is 2. The van der Waals surface area contributed by atoms with E-state index in [4.69, 9.17) is 0 Å². The van der Waals surface area contributed by atoms with Gasteiger partial charge >= 0.3 is 11.9 Å². The largest absolute Gasteiger partial charge is 0.469 e. The number of nitrogens with zero attached hydrogens (tertiary/aromatic N) is 1. The Balaban J connectivity index is 2.51. The van der Waals surface area contributed by atoms with Crippen LogP contribution in [0, 0.1) is 0 Å². The van der Waals surface area contributed by atoms with Crippen LogP contribution in [0.1, 0.15) is 16.9 Å². The molecular weight excluding hydrogens is 232 g/mol. The number of nitrogens with one attached hydrogen (secondary N) is 1. The standard InChI is InChI=1S/C9H12N2O4S/c1-14-7(12)3-4-10-6-5-16-11-8(6)9(13)15-2/h5,10H,3-4H2,1-2H3. The topological polar surface area (TPSA) is 77.5 Å². The summed E-state index contributed by atoms with van der Waals surface area (Å²) in [5, 5.41) is 4.60. The molecule has 7 heteroatoms. The molecule has 0 bridgehead atoms. The molecule has 1 rings (SSSR count). The summed E-state index contributed by atoms with van der Waals surface area (Å²) in [6.45, 7) is 0.384. The number of ether oxygens (including phenoxy) is 2. The molecule has 0 unspecified atom stereocenters. The minimum absolute atomic E-state index is 0.229. The van der Waals surface area contributed by atoms with Crippen molar-refractivity contribution in [1.82, 2.24) is 4.37 Å². The summed E-state index contributed by atoms with van der Waals surface area (Å²) in [7, 11) is 2.62. The van der Waals surface area contributed by atoms with Gasteiger partial charge in [0.15, 0.2) is 5.69 Å². The molecule has 1 aromatic rings. The Labute approximate surface area is 96.7 Å². The normalized spacial score (nSPS) is 9.62. The highest BCUT2D eigenvalue weighted by molar-refractivity contribution is 7.04. The van der Waals surface area contributed by atoms with Crippen LogP contribution in [-0.4, -0.2) is 37.1 Å². The van der Waals surface area contributed by atoms with E-state index in [0.29, 0.717) is 12.2 Å². The average molecular weight is 244 g/mol. The van der Waals surface area contributed by atoms with E-state index in [-0.39, 0.29) is 18.1 Å². The lowest BCUT2D eigenvalue weighted by Gasteiger charge is -2.04. The molecule has 0 aliphatic rings. The maximum Gasteiger partial charge on any atom is 0.359 e. The van der Waals surface area contributed by atoms with Crippen LogP contribution in [0.25, 0.3) is 0 Å². The van der Waals surface area contributed by atoms with Gasteiger partial charge in [-0.25, -0.2) is 4.79 Å². The zero-order valence-corrected chi connectivity index (χ0v) is 9.80. The molecule has 0 amide bonds. The molecule has 1 N–H and O–H groups in total. The summed E-state index contributed by atoms with van der Waals surface area (Å²) in [6.07, 6.45) is 0.229. The minimum atomic E-state index is -0.498. The highest BCUT2D eigenvalue weighted by atomic mass is 32.1. The first-order chi connectivity index (χ1) is 7.69. The van der Waals surface area contributed by atoms with Crippen molar-refractivity contribution < 1.29 is 19.1 Å². The van der Waals surface area contributed by atoms with Crippen LogP contribution in [0.4, 0.5) is 5.69 Å². The van der Waals surface area contributed by atoms with E-state index in [0.717, 1.165) is 11.5 Å². The van der Waals surface area contributed by atoms with Crippen molar-refractivity contribution in [3.63, 3.8) is 0 Å². The fraction of sp³-hybridized carbons (Fsp3) is 0.444. The van der Waals surface area contributed by atoms with E-state index < -0.39 is 5.97 Å². The Morgan fingerprint density at radius 2 is 2.19 bits per heavy atom. The van der Waals surface area contributed by atoms with Gasteiger partial charge in [-0.05, 0) is 11.5 Å². The number of aromatic nitrogens is 1. The second-order valence-electron chi connectivity index (χ2n) is 2.82. The van der Waals surface area contributed by atoms with Crippen molar-refractivity contribution in [2.24, 2.45) is 0 Å². The van der Waals surface area contributed by atoms with Gasteiger partial charge in [-0.1, -0.05) is 0 Å². The number of carbonyl (C=O) groups is 2. The SMILES string of the molecule is COC(=O)CCNc1csnc1C(=O)OC. The maximum absolute atomic E-state index is 11.2. The van der Waals surface area contributed by atoms with Gasteiger partial charge in [0, 0.05) is 11.9 Å². The number of hydrogen-bond donors (Lipinski definition) is 1. The molecule has 16 heavy (non-hydrogen) atoms. The summed E-state index contributed by atoms with van der Waals surface area (Å²) < 4.78 is 12.9. The third kappa shape index (κ3) is 3.20. The Kier molecular flexibility index (Phi) is 4.71. The Morgan fingerprint density at radius 1 is 1.44 bits per heavy atom. The first kappa shape index (κ1) is 12.4. The molecule has 6 nitrogen and oxygen atoms in total. The van der Waals surface area contributed by atoms with Crippen LogP contribution in [-0.2, 0) is 14.3 Å². The van der Waals surface area contributed by atoms with Crippen LogP contribution < -0.4 is 5.32 Å². The molecule has 0 aliphatic carbocycles. The number of esters is 2. The highest BCUT2D eigenvalue weighted by Crippen LogP contribution is 2.17. The van der Waals surface area contributed by atoms with Crippen molar-refractivity contribution in [2.45, 2.75) is 6.42 Å². The molecule has 0 aromatic carbocycles. The summed E-state index contributed by atoms with van der Waals surface area (Å²) in [5.74, 6) is -0.808. The van der Waals surface area contributed by atoms with Crippen LogP contribution in [0.15, 0.2) is 5.38 Å². The predicted octanol–water partition coefficient (Wildman–Crippen LogP) is 0.905. The van der Waals surface area contributed by atoms with Crippen molar-refractivity contribution in [1.29, 1.82) is 0 Å².